The molecule has 1 aromatic carbocycles. The average Bonchev–Trinajstić information content (AvgIpc) is 3.08. The molecule has 6 nitrogen and oxygen atoms in total. The Bertz CT molecular complexity index is 938. The summed E-state index contributed by atoms with van der Waals surface area (Å²) < 4.78 is 13.3. The van der Waals surface area contributed by atoms with Crippen LogP contribution in [0.4, 0.5) is 5.69 Å². The number of nitrogens with one attached hydrogen (secondary N) is 1. The maximum absolute atomic E-state index is 12.1. The number of aromatic nitrogens is 2. The Hall–Kier alpha value is -2.52. The van der Waals surface area contributed by atoms with Gasteiger partial charge in [0.15, 0.2) is 6.23 Å². The van der Waals surface area contributed by atoms with Gasteiger partial charge in [0.05, 0.1) is 23.8 Å². The van der Waals surface area contributed by atoms with Crippen molar-refractivity contribution in [3.05, 3.63) is 23.9 Å². The van der Waals surface area contributed by atoms with E-state index in [2.05, 4.69) is 48.2 Å². The number of benzene rings is 1. The van der Waals surface area contributed by atoms with Crippen molar-refractivity contribution in [2.75, 3.05) is 18.5 Å². The minimum absolute atomic E-state index is 0.0292. The largest absolute Gasteiger partial charge is 0.460 e. The van der Waals surface area contributed by atoms with E-state index in [1.165, 1.54) is 0 Å². The molecule has 0 bridgehead atoms. The van der Waals surface area contributed by atoms with Crippen LogP contribution in [-0.4, -0.2) is 34.5 Å². The number of nitrogens with zero attached hydrogens (tertiary/aromatic N) is 2. The molecule has 1 unspecified atom stereocenters. The van der Waals surface area contributed by atoms with Crippen LogP contribution in [0.5, 0.6) is 0 Å². The van der Waals surface area contributed by atoms with Crippen molar-refractivity contribution < 1.29 is 14.3 Å². The van der Waals surface area contributed by atoms with E-state index >= 15 is 0 Å². The number of ether oxygens (including phenoxy) is 2. The summed E-state index contributed by atoms with van der Waals surface area (Å²) in [4.78, 5) is 12.1. The molecule has 1 fully saturated rings. The number of carbonyl (C=O) groups excluding carboxylic acids is 1. The lowest BCUT2D eigenvalue weighted by atomic mass is 10.1. The zero-order valence-corrected chi connectivity index (χ0v) is 18.7. The average molecular weight is 412 g/mol. The van der Waals surface area contributed by atoms with Gasteiger partial charge in [-0.15, -0.1) is 0 Å². The summed E-state index contributed by atoms with van der Waals surface area (Å²) in [6, 6.07) is 4.13. The maximum atomic E-state index is 12.1. The van der Waals surface area contributed by atoms with Gasteiger partial charge < -0.3 is 14.8 Å². The third-order valence-electron chi connectivity index (χ3n) is 4.72. The zero-order chi connectivity index (χ0) is 21.7. The molecule has 2 heterocycles. The topological polar surface area (TPSA) is 65.4 Å². The first-order chi connectivity index (χ1) is 14.2. The first kappa shape index (κ1) is 22.2. The van der Waals surface area contributed by atoms with Crippen LogP contribution in [0.15, 0.2) is 18.3 Å². The van der Waals surface area contributed by atoms with Crippen molar-refractivity contribution in [2.24, 2.45) is 5.92 Å². The van der Waals surface area contributed by atoms with Crippen molar-refractivity contribution >= 4 is 22.6 Å². The van der Waals surface area contributed by atoms with E-state index in [1.54, 1.807) is 0 Å². The van der Waals surface area contributed by atoms with Crippen LogP contribution in [0.25, 0.3) is 10.9 Å². The minimum Gasteiger partial charge on any atom is -0.460 e. The minimum atomic E-state index is -0.476. The van der Waals surface area contributed by atoms with Crippen LogP contribution >= 0.6 is 0 Å². The molecule has 1 aliphatic heterocycles. The van der Waals surface area contributed by atoms with Gasteiger partial charge in [-0.25, -0.2) is 4.68 Å². The van der Waals surface area contributed by atoms with Crippen molar-refractivity contribution in [2.45, 2.75) is 72.1 Å². The second-order valence-electron chi connectivity index (χ2n) is 9.05. The van der Waals surface area contributed by atoms with Crippen molar-refractivity contribution in [1.82, 2.24) is 9.78 Å². The standard InChI is InChI=1S/C24H33N3O3/c1-17(2)9-10-18-14-19-16-26-27(22-8-6-7-13-29-22)21(19)15-20(18)25-12-11-23(28)30-24(3,4)5/h14-17,22,25H,6-8,11-13H2,1-5H3. The first-order valence-corrected chi connectivity index (χ1v) is 10.8. The Morgan fingerprint density at radius 2 is 2.17 bits per heavy atom. The summed E-state index contributed by atoms with van der Waals surface area (Å²) >= 11 is 0. The van der Waals surface area contributed by atoms with E-state index in [4.69, 9.17) is 9.47 Å². The summed E-state index contributed by atoms with van der Waals surface area (Å²) in [6.07, 6.45) is 5.34. The molecule has 0 amide bonds. The van der Waals surface area contributed by atoms with Gasteiger partial charge in [-0.2, -0.15) is 5.10 Å². The Balaban J connectivity index is 1.84. The molecule has 0 aliphatic carbocycles. The molecular weight excluding hydrogens is 378 g/mol. The number of esters is 1. The number of carbonyl (C=O) groups is 1. The fourth-order valence-electron chi connectivity index (χ4n) is 3.40. The number of hydrogen-bond acceptors (Lipinski definition) is 5. The van der Waals surface area contributed by atoms with Gasteiger partial charge in [0, 0.05) is 30.0 Å². The number of rotatable bonds is 5. The van der Waals surface area contributed by atoms with E-state index in [1.807, 2.05) is 31.6 Å². The van der Waals surface area contributed by atoms with Gasteiger partial charge in [0.1, 0.15) is 5.60 Å². The van der Waals surface area contributed by atoms with Crippen LogP contribution in [0.1, 0.15) is 72.1 Å². The third-order valence-corrected chi connectivity index (χ3v) is 4.72. The van der Waals surface area contributed by atoms with E-state index in [9.17, 15) is 4.79 Å². The van der Waals surface area contributed by atoms with E-state index in [0.29, 0.717) is 6.54 Å². The van der Waals surface area contributed by atoms with Crippen LogP contribution in [-0.2, 0) is 14.3 Å². The lowest BCUT2D eigenvalue weighted by Crippen LogP contribution is -2.25. The molecule has 162 valence electrons. The molecular formula is C24H33N3O3. The van der Waals surface area contributed by atoms with E-state index in [-0.39, 0.29) is 24.5 Å². The smallest absolute Gasteiger partial charge is 0.308 e. The molecule has 1 N–H and O–H groups in total. The van der Waals surface area contributed by atoms with Crippen molar-refractivity contribution in [3.63, 3.8) is 0 Å². The first-order valence-electron chi connectivity index (χ1n) is 10.8. The van der Waals surface area contributed by atoms with Gasteiger partial charge in [0.25, 0.3) is 0 Å². The Labute approximate surface area is 179 Å². The number of anilines is 1. The quantitative estimate of drug-likeness (QED) is 0.561. The van der Waals surface area contributed by atoms with Crippen LogP contribution in [0, 0.1) is 17.8 Å². The fourth-order valence-corrected chi connectivity index (χ4v) is 3.40. The monoisotopic (exact) mass is 411 g/mol. The van der Waals surface area contributed by atoms with Gasteiger partial charge in [-0.3, -0.25) is 4.79 Å². The molecule has 1 aliphatic rings. The van der Waals surface area contributed by atoms with Gasteiger partial charge >= 0.3 is 5.97 Å². The highest BCUT2D eigenvalue weighted by atomic mass is 16.6. The second kappa shape index (κ2) is 9.53. The molecule has 0 spiro atoms. The lowest BCUT2D eigenvalue weighted by molar-refractivity contribution is -0.154. The van der Waals surface area contributed by atoms with Crippen molar-refractivity contribution in [3.8, 4) is 11.8 Å². The highest BCUT2D eigenvalue weighted by Crippen LogP contribution is 2.29. The summed E-state index contributed by atoms with van der Waals surface area (Å²) in [5, 5.41) is 9.00. The fraction of sp³-hybridized carbons (Fsp3) is 0.583. The van der Waals surface area contributed by atoms with Gasteiger partial charge in [0.2, 0.25) is 0 Å². The van der Waals surface area contributed by atoms with Crippen LogP contribution < -0.4 is 5.32 Å². The van der Waals surface area contributed by atoms with Crippen LogP contribution in [0.3, 0.4) is 0 Å². The highest BCUT2D eigenvalue weighted by molar-refractivity contribution is 5.86. The van der Waals surface area contributed by atoms with Gasteiger partial charge in [-0.1, -0.05) is 25.7 Å². The molecule has 1 saturated heterocycles. The summed E-state index contributed by atoms with van der Waals surface area (Å²) in [7, 11) is 0. The lowest BCUT2D eigenvalue weighted by Gasteiger charge is -2.23. The Morgan fingerprint density at radius 1 is 1.37 bits per heavy atom. The molecule has 2 aromatic rings. The zero-order valence-electron chi connectivity index (χ0n) is 18.7. The predicted molar refractivity (Wildman–Crippen MR) is 119 cm³/mol. The van der Waals surface area contributed by atoms with Crippen LogP contribution in [0.2, 0.25) is 0 Å². The normalized spacial score (nSPS) is 16.9. The Kier molecular flexibility index (Phi) is 7.04. The van der Waals surface area contributed by atoms with Crippen molar-refractivity contribution in [1.29, 1.82) is 0 Å². The van der Waals surface area contributed by atoms with E-state index < -0.39 is 5.60 Å². The third kappa shape index (κ3) is 5.99. The summed E-state index contributed by atoms with van der Waals surface area (Å²) in [5.74, 6) is 6.56. The number of fused-ring (bicyclic) bond motifs is 1. The summed E-state index contributed by atoms with van der Waals surface area (Å²) in [5.41, 5.74) is 2.34. The number of hydrogen-bond donors (Lipinski definition) is 1. The molecule has 1 aromatic heterocycles. The SMILES string of the molecule is CC(C)C#Cc1cc2cnn(C3CCCCO3)c2cc1NCCC(=O)OC(C)(C)C. The Morgan fingerprint density at radius 3 is 2.83 bits per heavy atom. The maximum Gasteiger partial charge on any atom is 0.308 e. The molecule has 30 heavy (non-hydrogen) atoms. The molecule has 0 radical (unpaired) electrons. The highest BCUT2D eigenvalue weighted by Gasteiger charge is 2.20. The van der Waals surface area contributed by atoms with E-state index in [0.717, 1.165) is 48.0 Å². The van der Waals surface area contributed by atoms with Gasteiger partial charge in [-0.05, 0) is 52.2 Å². The molecule has 3 rings (SSSR count). The molecule has 0 saturated carbocycles. The molecule has 6 heteroatoms. The summed E-state index contributed by atoms with van der Waals surface area (Å²) in [6.45, 7) is 11.0. The second-order valence-corrected chi connectivity index (χ2v) is 9.05. The molecule has 1 atom stereocenters. The predicted octanol–water partition coefficient (Wildman–Crippen LogP) is 4.89.